The Morgan fingerprint density at radius 3 is 2.50 bits per heavy atom. The number of aromatic nitrogens is 1. The number of likely N-dealkylation sites (N-methyl/N-ethyl adjacent to an activating group) is 1. The smallest absolute Gasteiger partial charge is 0.257 e. The zero-order chi connectivity index (χ0) is 29.6. The monoisotopic (exact) mass is 572 g/mol. The predicted octanol–water partition coefficient (Wildman–Crippen LogP) is 5.04. The Labute approximate surface area is 250 Å². The molecular formula is C34H44N4O4. The van der Waals surface area contributed by atoms with Gasteiger partial charge >= 0.3 is 0 Å². The SMILES string of the molecule is CC.CN(Cc1ccncc1)c1ccc2c(c1)C(=O)N(C)[C@H]1CC[C@@H](CC(=O)NC3Cc4ccccc4C3)O[C@H]1CO2.[HH]. The molecule has 3 atom stereocenters. The molecule has 2 aromatic carbocycles. The number of pyridine rings is 1. The normalized spacial score (nSPS) is 21.4. The fourth-order valence-electron chi connectivity index (χ4n) is 6.26. The molecule has 1 aliphatic carbocycles. The van der Waals surface area contributed by atoms with E-state index in [4.69, 9.17) is 9.47 Å². The van der Waals surface area contributed by atoms with E-state index in [1.807, 2.05) is 70.4 Å². The molecule has 3 heterocycles. The summed E-state index contributed by atoms with van der Waals surface area (Å²) >= 11 is 0. The van der Waals surface area contributed by atoms with Gasteiger partial charge in [0, 0.05) is 46.2 Å². The van der Waals surface area contributed by atoms with Gasteiger partial charge < -0.3 is 24.6 Å². The average molecular weight is 573 g/mol. The third kappa shape index (κ3) is 6.59. The van der Waals surface area contributed by atoms with Gasteiger partial charge in [0.15, 0.2) is 0 Å². The van der Waals surface area contributed by atoms with Gasteiger partial charge in [0.1, 0.15) is 18.5 Å². The second-order valence-corrected chi connectivity index (χ2v) is 11.2. The van der Waals surface area contributed by atoms with E-state index in [-0.39, 0.29) is 37.5 Å². The van der Waals surface area contributed by atoms with Crippen LogP contribution in [0.3, 0.4) is 0 Å². The van der Waals surface area contributed by atoms with E-state index < -0.39 is 0 Å². The third-order valence-corrected chi connectivity index (χ3v) is 8.43. The van der Waals surface area contributed by atoms with Crippen molar-refractivity contribution in [2.45, 2.75) is 76.8 Å². The van der Waals surface area contributed by atoms with Gasteiger partial charge in [0.05, 0.1) is 24.1 Å². The summed E-state index contributed by atoms with van der Waals surface area (Å²) in [7, 11) is 3.85. The highest BCUT2D eigenvalue weighted by Crippen LogP contribution is 2.33. The molecule has 0 radical (unpaired) electrons. The van der Waals surface area contributed by atoms with Gasteiger partial charge in [0.2, 0.25) is 5.91 Å². The number of hydrogen-bond acceptors (Lipinski definition) is 6. The second kappa shape index (κ2) is 13.4. The van der Waals surface area contributed by atoms with E-state index in [0.717, 1.165) is 36.9 Å². The molecule has 1 N–H and O–H groups in total. The number of carbonyl (C=O) groups is 2. The summed E-state index contributed by atoms with van der Waals surface area (Å²) in [4.78, 5) is 34.5. The Bertz CT molecular complexity index is 1360. The number of carbonyl (C=O) groups excluding carboxylic acids is 2. The van der Waals surface area contributed by atoms with Crippen molar-refractivity contribution in [1.82, 2.24) is 15.2 Å². The summed E-state index contributed by atoms with van der Waals surface area (Å²) in [5, 5.41) is 3.20. The fourth-order valence-corrected chi connectivity index (χ4v) is 6.26. The Morgan fingerprint density at radius 2 is 1.79 bits per heavy atom. The van der Waals surface area contributed by atoms with E-state index in [0.29, 0.717) is 30.9 Å². The van der Waals surface area contributed by atoms with Crippen molar-refractivity contribution in [2.75, 3.05) is 25.6 Å². The molecule has 8 heteroatoms. The van der Waals surface area contributed by atoms with Gasteiger partial charge in [-0.05, 0) is 72.7 Å². The van der Waals surface area contributed by atoms with E-state index in [2.05, 4.69) is 27.3 Å². The molecule has 2 amide bonds. The number of nitrogens with one attached hydrogen (secondary N) is 1. The van der Waals surface area contributed by atoms with Crippen LogP contribution in [-0.2, 0) is 28.9 Å². The van der Waals surface area contributed by atoms with Crippen molar-refractivity contribution in [3.8, 4) is 5.75 Å². The number of anilines is 1. The first-order valence-electron chi connectivity index (χ1n) is 15.1. The number of rotatable bonds is 6. The van der Waals surface area contributed by atoms with Crippen molar-refractivity contribution >= 4 is 17.5 Å². The lowest BCUT2D eigenvalue weighted by Crippen LogP contribution is -2.54. The van der Waals surface area contributed by atoms with Gasteiger partial charge in [-0.15, -0.1) is 0 Å². The minimum absolute atomic E-state index is 0. The van der Waals surface area contributed by atoms with Crippen LogP contribution in [0.1, 0.15) is 61.6 Å². The van der Waals surface area contributed by atoms with Crippen molar-refractivity contribution in [3.05, 3.63) is 89.2 Å². The molecule has 1 saturated heterocycles. The maximum Gasteiger partial charge on any atom is 0.257 e. The van der Waals surface area contributed by atoms with E-state index in [9.17, 15) is 9.59 Å². The van der Waals surface area contributed by atoms with Crippen LogP contribution < -0.4 is 15.0 Å². The molecule has 42 heavy (non-hydrogen) atoms. The van der Waals surface area contributed by atoms with Gasteiger partial charge in [-0.3, -0.25) is 14.6 Å². The molecule has 0 bridgehead atoms. The maximum absolute atomic E-state index is 13.6. The first-order valence-corrected chi connectivity index (χ1v) is 15.1. The Balaban J connectivity index is 0.00000138. The summed E-state index contributed by atoms with van der Waals surface area (Å²) in [5.74, 6) is 0.497. The Kier molecular flexibility index (Phi) is 9.42. The molecule has 8 nitrogen and oxygen atoms in total. The summed E-state index contributed by atoms with van der Waals surface area (Å²) in [6, 6.07) is 18.1. The lowest BCUT2D eigenvalue weighted by molar-refractivity contribution is -0.134. The number of hydrogen-bond donors (Lipinski definition) is 1. The third-order valence-electron chi connectivity index (χ3n) is 8.43. The Morgan fingerprint density at radius 1 is 1.07 bits per heavy atom. The fraction of sp³-hybridized carbons (Fsp3) is 0.441. The molecule has 6 rings (SSSR count). The number of nitrogens with zero attached hydrogens (tertiary/aromatic N) is 3. The summed E-state index contributed by atoms with van der Waals surface area (Å²) in [6.07, 6.45) is 6.63. The van der Waals surface area contributed by atoms with E-state index >= 15 is 0 Å². The second-order valence-electron chi connectivity index (χ2n) is 11.2. The highest BCUT2D eigenvalue weighted by Gasteiger charge is 2.39. The van der Waals surface area contributed by atoms with Crippen molar-refractivity contribution in [1.29, 1.82) is 0 Å². The van der Waals surface area contributed by atoms with Crippen LogP contribution in [0, 0.1) is 0 Å². The summed E-state index contributed by atoms with van der Waals surface area (Å²) in [5.41, 5.74) is 5.27. The zero-order valence-corrected chi connectivity index (χ0v) is 25.1. The van der Waals surface area contributed by atoms with Crippen LogP contribution in [0.15, 0.2) is 67.0 Å². The number of ether oxygens (including phenoxy) is 2. The molecule has 3 aliphatic rings. The lowest BCUT2D eigenvalue weighted by Gasteiger charge is -2.42. The Hall–Kier alpha value is -3.91. The quantitative estimate of drug-likeness (QED) is 0.446. The summed E-state index contributed by atoms with van der Waals surface area (Å²) in [6.45, 7) is 5.03. The molecule has 3 aromatic rings. The molecule has 1 aromatic heterocycles. The molecular weight excluding hydrogens is 528 g/mol. The van der Waals surface area contributed by atoms with Gasteiger partial charge in [-0.2, -0.15) is 0 Å². The number of benzene rings is 2. The van der Waals surface area contributed by atoms with Gasteiger partial charge in [0.25, 0.3) is 5.91 Å². The van der Waals surface area contributed by atoms with E-state index in [1.165, 1.54) is 11.1 Å². The maximum atomic E-state index is 13.6. The topological polar surface area (TPSA) is 84.0 Å². The molecule has 2 aliphatic heterocycles. The minimum atomic E-state index is -0.293. The van der Waals surface area contributed by atoms with Crippen LogP contribution in [0.2, 0.25) is 0 Å². The van der Waals surface area contributed by atoms with Crippen LogP contribution in [0.5, 0.6) is 5.75 Å². The first-order chi connectivity index (χ1) is 20.4. The number of fused-ring (bicyclic) bond motifs is 3. The standard InChI is InChI=1S/C32H36N4O4.C2H6.H2/c1-35(19-21-11-13-33-14-12-21)25-7-10-29-27(17-25)32(38)36(2)28-9-8-26(40-30(28)20-39-29)18-31(37)34-24-15-22-5-3-4-6-23(22)16-24;1-2;/h3-7,10-14,17,24,26,28,30H,8-9,15-16,18-20H2,1-2H3,(H,34,37);1-2H3;1H/t26-,28-,30-;;/m0../s1. The van der Waals surface area contributed by atoms with Gasteiger partial charge in [-0.25, -0.2) is 0 Å². The first kappa shape index (κ1) is 29.6. The van der Waals surface area contributed by atoms with Crippen LogP contribution in [0.25, 0.3) is 0 Å². The lowest BCUT2D eigenvalue weighted by atomic mass is 9.94. The van der Waals surface area contributed by atoms with Crippen LogP contribution in [-0.4, -0.2) is 66.7 Å². The zero-order valence-electron chi connectivity index (χ0n) is 25.1. The minimum Gasteiger partial charge on any atom is -0.490 e. The molecule has 0 unspecified atom stereocenters. The van der Waals surface area contributed by atoms with Crippen LogP contribution >= 0.6 is 0 Å². The molecule has 224 valence electrons. The highest BCUT2D eigenvalue weighted by molar-refractivity contribution is 5.98. The van der Waals surface area contributed by atoms with E-state index in [1.54, 1.807) is 17.3 Å². The average Bonchev–Trinajstić information content (AvgIpc) is 3.42. The molecule has 0 saturated carbocycles. The van der Waals surface area contributed by atoms with Crippen molar-refractivity contribution in [2.24, 2.45) is 0 Å². The largest absolute Gasteiger partial charge is 0.490 e. The van der Waals surface area contributed by atoms with Crippen LogP contribution in [0.4, 0.5) is 5.69 Å². The summed E-state index contributed by atoms with van der Waals surface area (Å²) < 4.78 is 12.6. The molecule has 0 spiro atoms. The highest BCUT2D eigenvalue weighted by atomic mass is 16.5. The number of amides is 2. The van der Waals surface area contributed by atoms with Crippen molar-refractivity contribution < 1.29 is 20.5 Å². The van der Waals surface area contributed by atoms with Gasteiger partial charge in [-0.1, -0.05) is 38.1 Å². The molecule has 1 fully saturated rings. The predicted molar refractivity (Wildman–Crippen MR) is 166 cm³/mol. The van der Waals surface area contributed by atoms with Crippen molar-refractivity contribution in [3.63, 3.8) is 0 Å².